The number of carbonyl (C=O) groups is 3. The van der Waals surface area contributed by atoms with Gasteiger partial charge in [0.15, 0.2) is 6.61 Å². The van der Waals surface area contributed by atoms with E-state index in [1.165, 1.54) is 12.2 Å². The first-order valence-corrected chi connectivity index (χ1v) is 9.18. The van der Waals surface area contributed by atoms with Crippen molar-refractivity contribution in [1.29, 1.82) is 0 Å². The molecule has 2 rings (SSSR count). The van der Waals surface area contributed by atoms with Gasteiger partial charge < -0.3 is 15.4 Å². The maximum atomic E-state index is 12.5. The maximum absolute atomic E-state index is 12.5. The van der Waals surface area contributed by atoms with Crippen LogP contribution in [0.15, 0.2) is 72.8 Å². The zero-order chi connectivity index (χ0) is 21.1. The molecule has 0 fully saturated rings. The van der Waals surface area contributed by atoms with Crippen molar-refractivity contribution in [2.75, 3.05) is 11.9 Å². The molecule has 0 radical (unpaired) electrons. The number of aryl methyl sites for hydroxylation is 1. The van der Waals surface area contributed by atoms with Crippen LogP contribution in [-0.2, 0) is 20.9 Å². The third-order valence-electron chi connectivity index (χ3n) is 3.90. The summed E-state index contributed by atoms with van der Waals surface area (Å²) < 4.78 is 4.87. The fraction of sp³-hybridized carbons (Fsp3) is 0.174. The minimum absolute atomic E-state index is 0.312. The number of allylic oxidation sites excluding steroid dienone is 3. The molecular formula is C23H24N2O4. The van der Waals surface area contributed by atoms with Crippen LogP contribution in [0.4, 0.5) is 5.69 Å². The van der Waals surface area contributed by atoms with E-state index in [9.17, 15) is 14.4 Å². The summed E-state index contributed by atoms with van der Waals surface area (Å²) in [4.78, 5) is 36.1. The zero-order valence-electron chi connectivity index (χ0n) is 16.5. The third-order valence-corrected chi connectivity index (χ3v) is 3.90. The van der Waals surface area contributed by atoms with Gasteiger partial charge in [-0.05, 0) is 31.5 Å². The molecule has 2 amide bonds. The van der Waals surface area contributed by atoms with Gasteiger partial charge in [0.2, 0.25) is 0 Å². The summed E-state index contributed by atoms with van der Waals surface area (Å²) in [5, 5.41) is 5.44. The molecule has 29 heavy (non-hydrogen) atoms. The highest BCUT2D eigenvalue weighted by Gasteiger charge is 2.13. The first-order chi connectivity index (χ1) is 14.0. The van der Waals surface area contributed by atoms with E-state index in [1.54, 1.807) is 36.4 Å². The van der Waals surface area contributed by atoms with E-state index in [1.807, 2.05) is 38.1 Å². The molecular weight excluding hydrogens is 368 g/mol. The molecule has 0 aliphatic heterocycles. The van der Waals surface area contributed by atoms with Crippen LogP contribution in [0.1, 0.15) is 28.4 Å². The monoisotopic (exact) mass is 392 g/mol. The molecule has 0 aliphatic carbocycles. The number of para-hydroxylation sites is 1. The molecule has 6 nitrogen and oxygen atoms in total. The Morgan fingerprint density at radius 3 is 2.45 bits per heavy atom. The van der Waals surface area contributed by atoms with Crippen molar-refractivity contribution in [3.8, 4) is 0 Å². The lowest BCUT2D eigenvalue weighted by atomic mass is 10.1. The summed E-state index contributed by atoms with van der Waals surface area (Å²) in [6.45, 7) is 3.74. The summed E-state index contributed by atoms with van der Waals surface area (Å²) in [5.74, 6) is -1.47. The van der Waals surface area contributed by atoms with Gasteiger partial charge in [-0.1, -0.05) is 60.2 Å². The van der Waals surface area contributed by atoms with Gasteiger partial charge in [0.05, 0.1) is 11.3 Å². The highest BCUT2D eigenvalue weighted by molar-refractivity contribution is 6.04. The highest BCUT2D eigenvalue weighted by Crippen LogP contribution is 2.15. The van der Waals surface area contributed by atoms with E-state index in [0.717, 1.165) is 11.1 Å². The lowest BCUT2D eigenvalue weighted by molar-refractivity contribution is -0.142. The first kappa shape index (κ1) is 21.6. The standard InChI is InChI=1S/C23H24N2O4/c1-3-4-5-10-22(27)29-16-21(26)25-20-9-7-6-8-19(20)23(28)24-15-18-13-11-17(2)12-14-18/h3-14H,15-16H2,1-2H3,(H,24,28)(H,25,26)/b4-3+,10-5+. The maximum Gasteiger partial charge on any atom is 0.331 e. The van der Waals surface area contributed by atoms with Gasteiger partial charge in [-0.25, -0.2) is 4.79 Å². The number of rotatable bonds is 8. The van der Waals surface area contributed by atoms with E-state index in [2.05, 4.69) is 10.6 Å². The van der Waals surface area contributed by atoms with Crippen molar-refractivity contribution in [3.63, 3.8) is 0 Å². The number of esters is 1. The van der Waals surface area contributed by atoms with Crippen molar-refractivity contribution in [3.05, 3.63) is 89.5 Å². The predicted molar refractivity (Wildman–Crippen MR) is 112 cm³/mol. The Bertz CT molecular complexity index is 915. The van der Waals surface area contributed by atoms with Crippen LogP contribution in [0.25, 0.3) is 0 Å². The number of hydrogen-bond acceptors (Lipinski definition) is 4. The SMILES string of the molecule is C/C=C/C=C/C(=O)OCC(=O)Nc1ccccc1C(=O)NCc1ccc(C)cc1. The van der Waals surface area contributed by atoms with Crippen molar-refractivity contribution < 1.29 is 19.1 Å². The Labute approximate surface area is 170 Å². The Morgan fingerprint density at radius 2 is 1.72 bits per heavy atom. The van der Waals surface area contributed by atoms with Crippen LogP contribution in [0.5, 0.6) is 0 Å². The summed E-state index contributed by atoms with van der Waals surface area (Å²) >= 11 is 0. The van der Waals surface area contributed by atoms with Crippen molar-refractivity contribution in [1.82, 2.24) is 5.32 Å². The topological polar surface area (TPSA) is 84.5 Å². The highest BCUT2D eigenvalue weighted by atomic mass is 16.5. The van der Waals surface area contributed by atoms with Gasteiger partial charge >= 0.3 is 5.97 Å². The molecule has 2 N–H and O–H groups in total. The van der Waals surface area contributed by atoms with E-state index in [0.29, 0.717) is 17.8 Å². The fourth-order valence-electron chi connectivity index (χ4n) is 2.39. The number of nitrogens with one attached hydrogen (secondary N) is 2. The van der Waals surface area contributed by atoms with Crippen LogP contribution in [0, 0.1) is 6.92 Å². The van der Waals surface area contributed by atoms with Crippen LogP contribution in [-0.4, -0.2) is 24.4 Å². The smallest absolute Gasteiger partial charge is 0.331 e. The molecule has 0 spiro atoms. The molecule has 0 bridgehead atoms. The van der Waals surface area contributed by atoms with Gasteiger partial charge in [0, 0.05) is 12.6 Å². The Hall–Kier alpha value is -3.67. The summed E-state index contributed by atoms with van der Waals surface area (Å²) in [5.41, 5.74) is 2.79. The second-order valence-electron chi connectivity index (χ2n) is 6.25. The number of anilines is 1. The average molecular weight is 392 g/mol. The molecule has 0 saturated heterocycles. The molecule has 2 aromatic carbocycles. The third kappa shape index (κ3) is 7.46. The summed E-state index contributed by atoms with van der Waals surface area (Å²) in [6, 6.07) is 14.5. The van der Waals surface area contributed by atoms with Gasteiger partial charge in [0.1, 0.15) is 0 Å². The molecule has 0 atom stereocenters. The molecule has 0 aromatic heterocycles. The first-order valence-electron chi connectivity index (χ1n) is 9.18. The number of hydrogen-bond donors (Lipinski definition) is 2. The molecule has 0 heterocycles. The second-order valence-corrected chi connectivity index (χ2v) is 6.25. The van der Waals surface area contributed by atoms with Gasteiger partial charge in [-0.15, -0.1) is 0 Å². The lowest BCUT2D eigenvalue weighted by Crippen LogP contribution is -2.26. The lowest BCUT2D eigenvalue weighted by Gasteiger charge is -2.11. The normalized spacial score (nSPS) is 10.8. The molecule has 0 saturated carbocycles. The van der Waals surface area contributed by atoms with Crippen LogP contribution in [0.3, 0.4) is 0 Å². The fourth-order valence-corrected chi connectivity index (χ4v) is 2.39. The zero-order valence-corrected chi connectivity index (χ0v) is 16.5. The number of carbonyl (C=O) groups excluding carboxylic acids is 3. The molecule has 2 aromatic rings. The molecule has 150 valence electrons. The van der Waals surface area contributed by atoms with Gasteiger partial charge in [0.25, 0.3) is 11.8 Å². The summed E-state index contributed by atoms with van der Waals surface area (Å²) in [6.07, 6.45) is 6.18. The molecule has 0 unspecified atom stereocenters. The number of ether oxygens (including phenoxy) is 1. The quantitative estimate of drug-likeness (QED) is 0.409. The predicted octanol–water partition coefficient (Wildman–Crippen LogP) is 3.54. The average Bonchev–Trinajstić information content (AvgIpc) is 2.72. The van der Waals surface area contributed by atoms with Crippen LogP contribution in [0.2, 0.25) is 0 Å². The number of benzene rings is 2. The van der Waals surface area contributed by atoms with Gasteiger partial charge in [-0.3, -0.25) is 9.59 Å². The van der Waals surface area contributed by atoms with E-state index >= 15 is 0 Å². The van der Waals surface area contributed by atoms with Crippen molar-refractivity contribution in [2.45, 2.75) is 20.4 Å². The second kappa shape index (κ2) is 11.2. The minimum atomic E-state index is -0.623. The van der Waals surface area contributed by atoms with E-state index < -0.39 is 18.5 Å². The van der Waals surface area contributed by atoms with E-state index in [-0.39, 0.29) is 5.91 Å². The Morgan fingerprint density at radius 1 is 1.00 bits per heavy atom. The van der Waals surface area contributed by atoms with Gasteiger partial charge in [-0.2, -0.15) is 0 Å². The van der Waals surface area contributed by atoms with Crippen molar-refractivity contribution >= 4 is 23.5 Å². The van der Waals surface area contributed by atoms with Crippen LogP contribution < -0.4 is 10.6 Å². The number of amides is 2. The molecule has 6 heteroatoms. The Balaban J connectivity index is 1.93. The van der Waals surface area contributed by atoms with Crippen LogP contribution >= 0.6 is 0 Å². The Kier molecular flexibility index (Phi) is 8.38. The summed E-state index contributed by atoms with van der Waals surface area (Å²) in [7, 11) is 0. The van der Waals surface area contributed by atoms with E-state index in [4.69, 9.17) is 4.74 Å². The van der Waals surface area contributed by atoms with Crippen molar-refractivity contribution in [2.24, 2.45) is 0 Å². The minimum Gasteiger partial charge on any atom is -0.452 e. The largest absolute Gasteiger partial charge is 0.452 e. The molecule has 0 aliphatic rings.